The van der Waals surface area contributed by atoms with E-state index in [2.05, 4.69) is 12.2 Å². The van der Waals surface area contributed by atoms with Gasteiger partial charge in [-0.3, -0.25) is 0 Å². The normalized spacial score (nSPS) is 11.3. The maximum Gasteiger partial charge on any atom is 0.0588 e. The molecule has 7 heteroatoms. The summed E-state index contributed by atoms with van der Waals surface area (Å²) in [4.78, 5) is 21.2. The molecule has 1 atom stereocenters. The van der Waals surface area contributed by atoms with Crippen LogP contribution in [-0.2, 0) is 9.59 Å². The van der Waals surface area contributed by atoms with E-state index in [0.717, 1.165) is 19.3 Å². The molecule has 0 saturated heterocycles. The van der Waals surface area contributed by atoms with Gasteiger partial charge in [-0.05, 0) is 13.0 Å². The molecule has 0 bridgehead atoms. The second-order valence-electron chi connectivity index (χ2n) is 7.71. The maximum atomic E-state index is 10.8. The number of carboxylic acid groups (broad SMARTS) is 2. The van der Waals surface area contributed by atoms with Gasteiger partial charge in [-0.1, -0.05) is 103 Å². The van der Waals surface area contributed by atoms with Gasteiger partial charge in [0.2, 0.25) is 0 Å². The van der Waals surface area contributed by atoms with E-state index in [-0.39, 0.29) is 12.3 Å². The lowest BCUT2D eigenvalue weighted by molar-refractivity contribution is -0.317. The molecule has 0 aromatic rings. The van der Waals surface area contributed by atoms with Crippen LogP contribution in [0.2, 0.25) is 0 Å². The summed E-state index contributed by atoms with van der Waals surface area (Å²) in [6.45, 7) is 2.76. The number of rotatable bonds is 21. The van der Waals surface area contributed by atoms with Gasteiger partial charge in [-0.2, -0.15) is 0 Å². The minimum atomic E-state index is -1.38. The largest absolute Gasteiger partial charge is 0.550 e. The number of quaternary nitrogens is 2. The summed E-state index contributed by atoms with van der Waals surface area (Å²) in [5, 5.41) is 23.9. The zero-order chi connectivity index (χ0) is 20.2. The van der Waals surface area contributed by atoms with Crippen LogP contribution in [0.5, 0.6) is 0 Å². The molecule has 0 fully saturated rings. The summed E-state index contributed by atoms with van der Waals surface area (Å²) in [6.07, 6.45) is 20.1. The van der Waals surface area contributed by atoms with Crippen molar-refractivity contribution in [3.63, 3.8) is 0 Å². The lowest BCUT2D eigenvalue weighted by Crippen LogP contribution is -2.48. The number of unbranched alkanes of at least 4 members (excludes halogenated alkanes) is 15. The quantitative estimate of drug-likeness (QED) is 0.240. The zero-order valence-corrected chi connectivity index (χ0v) is 19.4. The van der Waals surface area contributed by atoms with E-state index in [0.29, 0.717) is 6.54 Å². The van der Waals surface area contributed by atoms with E-state index >= 15 is 0 Å². The predicted molar refractivity (Wildman–Crippen MR) is 118 cm³/mol. The highest BCUT2D eigenvalue weighted by molar-refractivity contribution is 5.78. The Hall–Kier alpha value is -1.18. The Morgan fingerprint density at radius 1 is 0.655 bits per heavy atom. The van der Waals surface area contributed by atoms with Crippen LogP contribution in [0.4, 0.5) is 0 Å². The average molecular weight is 420 g/mol. The Morgan fingerprint density at radius 2 is 1.00 bits per heavy atom. The molecule has 176 valence electrons. The number of carbonyl (C=O) groups excluding carboxylic acids is 2. The molecule has 0 unspecified atom stereocenters. The summed E-state index contributed by atoms with van der Waals surface area (Å²) in [6, 6.07) is -1.15. The van der Waals surface area contributed by atoms with E-state index in [1.807, 2.05) is 0 Å². The average Bonchev–Trinajstić information content (AvgIpc) is 2.62. The van der Waals surface area contributed by atoms with Crippen LogP contribution in [0.25, 0.3) is 0 Å². The topological polar surface area (TPSA) is 165 Å². The molecule has 0 amide bonds. The predicted octanol–water partition coefficient (Wildman–Crippen LogP) is 3.85. The minimum Gasteiger partial charge on any atom is -0.550 e. The lowest BCUT2D eigenvalue weighted by Gasteiger charge is -2.20. The minimum absolute atomic E-state index is 0. The van der Waals surface area contributed by atoms with Crippen LogP contribution in [0.3, 0.4) is 0 Å². The molecule has 0 radical (unpaired) electrons. The number of nitrogens with one attached hydrogen (secondary N) is 1. The molecule has 0 aliphatic carbocycles. The Bertz CT molecular complexity index is 368. The number of carbonyl (C=O) groups is 2. The summed E-state index contributed by atoms with van der Waals surface area (Å²) < 4.78 is 0. The summed E-state index contributed by atoms with van der Waals surface area (Å²) in [7, 11) is 0. The van der Waals surface area contributed by atoms with Crippen LogP contribution in [0.15, 0.2) is 0 Å². The summed E-state index contributed by atoms with van der Waals surface area (Å²) in [5.41, 5.74) is 0. The third kappa shape index (κ3) is 24.8. The molecule has 0 rings (SSSR count). The van der Waals surface area contributed by atoms with Crippen LogP contribution in [0, 0.1) is 0 Å². The van der Waals surface area contributed by atoms with Gasteiger partial charge in [0.25, 0.3) is 0 Å². The van der Waals surface area contributed by atoms with E-state index in [1.54, 1.807) is 0 Å². The van der Waals surface area contributed by atoms with Gasteiger partial charge < -0.3 is 37.4 Å². The lowest BCUT2D eigenvalue weighted by atomic mass is 10.0. The first-order valence-corrected chi connectivity index (χ1v) is 11.2. The smallest absolute Gasteiger partial charge is 0.0588 e. The van der Waals surface area contributed by atoms with Gasteiger partial charge >= 0.3 is 0 Å². The van der Waals surface area contributed by atoms with Gasteiger partial charge in [0.1, 0.15) is 0 Å². The molecular formula is C22H49N3O4. The molecule has 0 aliphatic rings. The fourth-order valence-corrected chi connectivity index (χ4v) is 3.35. The van der Waals surface area contributed by atoms with Crippen LogP contribution < -0.4 is 27.8 Å². The molecule has 0 aliphatic heterocycles. The molecular weight excluding hydrogens is 370 g/mol. The van der Waals surface area contributed by atoms with Crippen molar-refractivity contribution in [3.05, 3.63) is 0 Å². The van der Waals surface area contributed by atoms with Crippen LogP contribution in [-0.4, -0.2) is 24.5 Å². The Morgan fingerprint density at radius 3 is 1.31 bits per heavy atom. The van der Waals surface area contributed by atoms with Crippen molar-refractivity contribution in [2.75, 3.05) is 6.54 Å². The van der Waals surface area contributed by atoms with Crippen LogP contribution >= 0.6 is 0 Å². The first-order valence-electron chi connectivity index (χ1n) is 11.2. The van der Waals surface area contributed by atoms with Crippen molar-refractivity contribution in [1.82, 2.24) is 17.6 Å². The first kappa shape index (κ1) is 32.5. The van der Waals surface area contributed by atoms with Gasteiger partial charge in [0.05, 0.1) is 12.0 Å². The van der Waals surface area contributed by atoms with Gasteiger partial charge in [-0.15, -0.1) is 0 Å². The Balaban J connectivity index is -0.00000338. The molecule has 0 saturated carbocycles. The standard InChI is InChI=1S/C22H43NO4.2H3N/c1-2-3-4-5-6-7-8-9-10-11-12-13-14-15-16-17-18-23-20(22(26)27)19-21(24)25;;/h20,23H,2-19H2,1H3,(H,24,25)(H,26,27);2*1H3/t20-;;/m0../s1. The van der Waals surface area contributed by atoms with Crippen molar-refractivity contribution in [2.45, 2.75) is 122 Å². The van der Waals surface area contributed by atoms with Gasteiger partial charge in [0.15, 0.2) is 0 Å². The second-order valence-corrected chi connectivity index (χ2v) is 7.71. The zero-order valence-electron chi connectivity index (χ0n) is 19.4. The van der Waals surface area contributed by atoms with Crippen molar-refractivity contribution < 1.29 is 19.8 Å². The highest BCUT2D eigenvalue weighted by Gasteiger charge is 2.08. The fourth-order valence-electron chi connectivity index (χ4n) is 3.35. The van der Waals surface area contributed by atoms with Gasteiger partial charge in [-0.25, -0.2) is 0 Å². The van der Waals surface area contributed by atoms with E-state index < -0.39 is 24.4 Å². The van der Waals surface area contributed by atoms with Crippen LogP contribution in [0.1, 0.15) is 116 Å². The highest BCUT2D eigenvalue weighted by Crippen LogP contribution is 2.13. The molecule has 0 aromatic heterocycles. The number of hydrogen-bond acceptors (Lipinski definition) is 5. The number of aliphatic carboxylic acids is 2. The third-order valence-corrected chi connectivity index (χ3v) is 5.08. The molecule has 29 heavy (non-hydrogen) atoms. The number of hydrogen-bond donors (Lipinski definition) is 3. The highest BCUT2D eigenvalue weighted by atomic mass is 16.4. The van der Waals surface area contributed by atoms with Crippen molar-refractivity contribution in [1.29, 1.82) is 0 Å². The molecule has 7 nitrogen and oxygen atoms in total. The molecule has 0 aromatic carbocycles. The molecule has 0 heterocycles. The second kappa shape index (κ2) is 24.9. The van der Waals surface area contributed by atoms with E-state index in [9.17, 15) is 19.8 Å². The maximum absolute atomic E-state index is 10.8. The third-order valence-electron chi connectivity index (χ3n) is 5.08. The van der Waals surface area contributed by atoms with E-state index in [1.165, 1.54) is 83.5 Å². The Labute approximate surface area is 178 Å². The summed E-state index contributed by atoms with van der Waals surface area (Å²) in [5.74, 6) is -2.75. The SMILES string of the molecule is CCCCCCCCCCCCCCCCCCN[C@@H](CC(=O)[O-])C(=O)[O-].[NH4+].[NH4+]. The van der Waals surface area contributed by atoms with Gasteiger partial charge in [0, 0.05) is 12.4 Å². The van der Waals surface area contributed by atoms with Crippen molar-refractivity contribution in [3.8, 4) is 0 Å². The molecule has 9 N–H and O–H groups in total. The summed E-state index contributed by atoms with van der Waals surface area (Å²) >= 11 is 0. The fraction of sp³-hybridized carbons (Fsp3) is 0.909. The molecule has 0 spiro atoms. The van der Waals surface area contributed by atoms with Crippen molar-refractivity contribution in [2.24, 2.45) is 0 Å². The number of carboxylic acids is 2. The van der Waals surface area contributed by atoms with Crippen molar-refractivity contribution >= 4 is 11.9 Å². The van der Waals surface area contributed by atoms with E-state index in [4.69, 9.17) is 0 Å². The monoisotopic (exact) mass is 419 g/mol. The first-order chi connectivity index (χ1) is 13.1. The Kier molecular flexibility index (Phi) is 27.8.